The Morgan fingerprint density at radius 1 is 1.33 bits per heavy atom. The summed E-state index contributed by atoms with van der Waals surface area (Å²) in [4.78, 5) is 9.66. The first-order valence-electron chi connectivity index (χ1n) is 2.54. The van der Waals surface area contributed by atoms with Crippen LogP contribution in [-0.2, 0) is 4.74 Å². The number of carbonyl (C=O) groups excluding carboxylic acids is 1. The normalized spacial score (nSPS) is 14.5. The molecule has 0 rings (SSSR count). The fourth-order valence-corrected chi connectivity index (χ4v) is 0.280. The SMILES string of the molecule is NC(=O)OC(F)C(F)(F)C(F)F. The van der Waals surface area contributed by atoms with Gasteiger partial charge >= 0.3 is 24.8 Å². The van der Waals surface area contributed by atoms with Gasteiger partial charge in [-0.3, -0.25) is 0 Å². The molecule has 0 radical (unpaired) electrons. The standard InChI is InChI=1S/C4H4F5NO2/c5-1(6)4(8,9)2(7)12-3(10)11/h1-2H,(H2,10,11). The van der Waals surface area contributed by atoms with E-state index >= 15 is 0 Å². The fraction of sp³-hybridized carbons (Fsp3) is 0.750. The van der Waals surface area contributed by atoms with E-state index < -0.39 is 24.8 Å². The second kappa shape index (κ2) is 3.55. The lowest BCUT2D eigenvalue weighted by Crippen LogP contribution is -2.41. The zero-order valence-electron chi connectivity index (χ0n) is 5.44. The van der Waals surface area contributed by atoms with Crippen LogP contribution >= 0.6 is 0 Å². The predicted octanol–water partition coefficient (Wildman–Crippen LogP) is 1.28. The first-order valence-corrected chi connectivity index (χ1v) is 2.54. The minimum absolute atomic E-state index is 1.89. The van der Waals surface area contributed by atoms with Crippen LogP contribution in [-0.4, -0.2) is 24.8 Å². The summed E-state index contributed by atoms with van der Waals surface area (Å²) in [6.07, 6.45) is -9.87. The molecule has 12 heavy (non-hydrogen) atoms. The van der Waals surface area contributed by atoms with Gasteiger partial charge in [-0.15, -0.1) is 0 Å². The van der Waals surface area contributed by atoms with Crippen molar-refractivity contribution in [2.45, 2.75) is 18.7 Å². The Morgan fingerprint density at radius 3 is 2.00 bits per heavy atom. The van der Waals surface area contributed by atoms with Crippen molar-refractivity contribution < 1.29 is 31.5 Å². The lowest BCUT2D eigenvalue weighted by atomic mass is 10.3. The van der Waals surface area contributed by atoms with Crippen molar-refractivity contribution in [1.82, 2.24) is 0 Å². The second-order valence-electron chi connectivity index (χ2n) is 1.73. The number of primary amides is 1. The largest absolute Gasteiger partial charge is 0.408 e. The van der Waals surface area contributed by atoms with Gasteiger partial charge in [0, 0.05) is 0 Å². The molecule has 8 heteroatoms. The van der Waals surface area contributed by atoms with Crippen LogP contribution in [0.15, 0.2) is 0 Å². The third-order valence-electron chi connectivity index (χ3n) is 0.813. The third kappa shape index (κ3) is 2.51. The van der Waals surface area contributed by atoms with Gasteiger partial charge in [-0.05, 0) is 0 Å². The summed E-state index contributed by atoms with van der Waals surface area (Å²) < 4.78 is 61.2. The van der Waals surface area contributed by atoms with E-state index in [1.54, 1.807) is 0 Å². The fourth-order valence-electron chi connectivity index (χ4n) is 0.280. The van der Waals surface area contributed by atoms with Crippen molar-refractivity contribution >= 4 is 6.09 Å². The molecule has 0 saturated carbocycles. The van der Waals surface area contributed by atoms with Gasteiger partial charge in [0.2, 0.25) is 0 Å². The Kier molecular flexibility index (Phi) is 3.23. The van der Waals surface area contributed by atoms with Crippen LogP contribution in [0.3, 0.4) is 0 Å². The van der Waals surface area contributed by atoms with Gasteiger partial charge in [-0.2, -0.15) is 13.2 Å². The number of alkyl halides is 5. The number of halogens is 5. The molecular weight excluding hydrogens is 189 g/mol. The third-order valence-corrected chi connectivity index (χ3v) is 0.813. The quantitative estimate of drug-likeness (QED) is 0.686. The molecule has 0 aromatic rings. The number of rotatable bonds is 3. The lowest BCUT2D eigenvalue weighted by Gasteiger charge is -2.18. The van der Waals surface area contributed by atoms with Gasteiger partial charge in [0.1, 0.15) is 0 Å². The van der Waals surface area contributed by atoms with Crippen molar-refractivity contribution in [3.05, 3.63) is 0 Å². The van der Waals surface area contributed by atoms with E-state index in [4.69, 9.17) is 0 Å². The molecule has 0 bridgehead atoms. The van der Waals surface area contributed by atoms with Crippen LogP contribution < -0.4 is 5.73 Å². The van der Waals surface area contributed by atoms with E-state index in [0.717, 1.165) is 0 Å². The van der Waals surface area contributed by atoms with Crippen LogP contribution in [0.2, 0.25) is 0 Å². The summed E-state index contributed by atoms with van der Waals surface area (Å²) in [5.74, 6) is -5.03. The maximum atomic E-state index is 11.9. The van der Waals surface area contributed by atoms with Gasteiger partial charge < -0.3 is 10.5 Å². The van der Waals surface area contributed by atoms with Crippen LogP contribution in [0.4, 0.5) is 26.7 Å². The van der Waals surface area contributed by atoms with E-state index in [1.807, 2.05) is 0 Å². The lowest BCUT2D eigenvalue weighted by molar-refractivity contribution is -0.229. The van der Waals surface area contributed by atoms with Gasteiger partial charge in [0.05, 0.1) is 0 Å². The number of nitrogens with two attached hydrogens (primary N) is 1. The zero-order valence-corrected chi connectivity index (χ0v) is 5.44. The predicted molar refractivity (Wildman–Crippen MR) is 26.5 cm³/mol. The van der Waals surface area contributed by atoms with Gasteiger partial charge in [-0.25, -0.2) is 13.6 Å². The molecule has 1 unspecified atom stereocenters. The maximum absolute atomic E-state index is 11.9. The summed E-state index contributed by atoms with van der Waals surface area (Å²) in [5, 5.41) is 0. The van der Waals surface area contributed by atoms with Crippen molar-refractivity contribution in [2.75, 3.05) is 0 Å². The van der Waals surface area contributed by atoms with Crippen molar-refractivity contribution in [3.8, 4) is 0 Å². The number of carbonyl (C=O) groups is 1. The molecule has 1 amide bonds. The summed E-state index contributed by atoms with van der Waals surface area (Å²) in [5.41, 5.74) is 4.11. The van der Waals surface area contributed by atoms with Crippen LogP contribution in [0.5, 0.6) is 0 Å². The van der Waals surface area contributed by atoms with Gasteiger partial charge in [-0.1, -0.05) is 0 Å². The second-order valence-corrected chi connectivity index (χ2v) is 1.73. The average Bonchev–Trinajstić information content (AvgIpc) is 1.85. The van der Waals surface area contributed by atoms with Crippen LogP contribution in [0.25, 0.3) is 0 Å². The van der Waals surface area contributed by atoms with E-state index in [9.17, 15) is 26.7 Å². The maximum Gasteiger partial charge on any atom is 0.407 e. The topological polar surface area (TPSA) is 52.3 Å². The summed E-state index contributed by atoms with van der Waals surface area (Å²) in [7, 11) is 0. The van der Waals surface area contributed by atoms with Gasteiger partial charge in [0.25, 0.3) is 0 Å². The van der Waals surface area contributed by atoms with Crippen LogP contribution in [0.1, 0.15) is 0 Å². The highest BCUT2D eigenvalue weighted by Gasteiger charge is 2.52. The Morgan fingerprint density at radius 2 is 1.75 bits per heavy atom. The Labute approximate surface area is 63.3 Å². The molecule has 3 nitrogen and oxygen atoms in total. The molecule has 0 fully saturated rings. The smallest absolute Gasteiger partial charge is 0.407 e. The summed E-state index contributed by atoms with van der Waals surface area (Å²) >= 11 is 0. The summed E-state index contributed by atoms with van der Waals surface area (Å²) in [6, 6.07) is 0. The van der Waals surface area contributed by atoms with E-state index in [-0.39, 0.29) is 0 Å². The first-order chi connectivity index (χ1) is 5.28. The van der Waals surface area contributed by atoms with E-state index in [0.29, 0.717) is 0 Å². The highest BCUT2D eigenvalue weighted by Crippen LogP contribution is 2.29. The van der Waals surface area contributed by atoms with E-state index in [1.165, 1.54) is 0 Å². The van der Waals surface area contributed by atoms with Crippen LogP contribution in [0, 0.1) is 0 Å². The number of ether oxygens (including phenoxy) is 1. The van der Waals surface area contributed by atoms with Crippen molar-refractivity contribution in [2.24, 2.45) is 5.73 Å². The molecule has 0 aliphatic carbocycles. The Balaban J connectivity index is 4.24. The Bertz CT molecular complexity index is 173. The molecule has 0 spiro atoms. The molecule has 0 aliphatic heterocycles. The molecule has 0 saturated heterocycles. The monoisotopic (exact) mass is 193 g/mol. The number of amides is 1. The van der Waals surface area contributed by atoms with E-state index in [2.05, 4.69) is 10.5 Å². The van der Waals surface area contributed by atoms with Crippen molar-refractivity contribution in [1.29, 1.82) is 0 Å². The molecule has 1 atom stereocenters. The molecule has 72 valence electrons. The molecule has 0 aromatic carbocycles. The molecular formula is C4H4F5NO2. The number of hydrogen-bond donors (Lipinski definition) is 1. The van der Waals surface area contributed by atoms with Gasteiger partial charge in [0.15, 0.2) is 0 Å². The Hall–Kier alpha value is -1.08. The molecule has 0 aliphatic rings. The molecule has 0 heterocycles. The highest BCUT2D eigenvalue weighted by atomic mass is 19.3. The first kappa shape index (κ1) is 10.9. The minimum atomic E-state index is -5.03. The molecule has 0 aromatic heterocycles. The number of hydrogen-bond acceptors (Lipinski definition) is 2. The highest BCUT2D eigenvalue weighted by molar-refractivity contribution is 5.64. The molecule has 2 N–H and O–H groups in total. The van der Waals surface area contributed by atoms with Crippen molar-refractivity contribution in [3.63, 3.8) is 0 Å². The minimum Gasteiger partial charge on any atom is -0.408 e. The zero-order chi connectivity index (χ0) is 9.94. The average molecular weight is 193 g/mol. The summed E-state index contributed by atoms with van der Waals surface area (Å²) in [6.45, 7) is 0.